The van der Waals surface area contributed by atoms with E-state index in [9.17, 15) is 9.90 Å². The molecule has 1 unspecified atom stereocenters. The first-order chi connectivity index (χ1) is 12.0. The third-order valence-electron chi connectivity index (χ3n) is 4.77. The molecule has 1 aliphatic rings. The molecule has 3 aromatic rings. The number of hydrogen-bond donors (Lipinski definition) is 3. The number of aromatic nitrogens is 2. The van der Waals surface area contributed by atoms with Crippen LogP contribution in [0.2, 0.25) is 0 Å². The molecule has 1 atom stereocenters. The standard InChI is InChI=1S/C19H19N3O3/c1-19(2)10-25-16-8-11(6-7-13(16)17(19)21-18(23)24)12-4-3-5-15-14(12)9-20-22-15/h3-9,17,21H,10H2,1-2H3,(H,20,22)(H,23,24). The van der Waals surface area contributed by atoms with E-state index >= 15 is 0 Å². The molecule has 1 aliphatic heterocycles. The van der Waals surface area contributed by atoms with E-state index in [0.717, 1.165) is 33.3 Å². The second-order valence-corrected chi connectivity index (χ2v) is 7.05. The van der Waals surface area contributed by atoms with Gasteiger partial charge in [-0.05, 0) is 23.3 Å². The van der Waals surface area contributed by atoms with E-state index in [0.29, 0.717) is 6.61 Å². The van der Waals surface area contributed by atoms with Crippen molar-refractivity contribution in [2.24, 2.45) is 5.41 Å². The maximum absolute atomic E-state index is 11.2. The maximum Gasteiger partial charge on any atom is 0.405 e. The van der Waals surface area contributed by atoms with Gasteiger partial charge < -0.3 is 15.2 Å². The van der Waals surface area contributed by atoms with Crippen LogP contribution < -0.4 is 10.1 Å². The largest absolute Gasteiger partial charge is 0.493 e. The van der Waals surface area contributed by atoms with Gasteiger partial charge in [-0.15, -0.1) is 0 Å². The monoisotopic (exact) mass is 337 g/mol. The van der Waals surface area contributed by atoms with Gasteiger partial charge in [-0.25, -0.2) is 4.79 Å². The van der Waals surface area contributed by atoms with Crippen molar-refractivity contribution in [2.75, 3.05) is 6.61 Å². The van der Waals surface area contributed by atoms with Gasteiger partial charge in [0.2, 0.25) is 0 Å². The number of nitrogens with zero attached hydrogens (tertiary/aromatic N) is 1. The summed E-state index contributed by atoms with van der Waals surface area (Å²) in [5.74, 6) is 0.719. The summed E-state index contributed by atoms with van der Waals surface area (Å²) in [5.41, 5.74) is 3.59. The van der Waals surface area contributed by atoms with Gasteiger partial charge >= 0.3 is 6.09 Å². The summed E-state index contributed by atoms with van der Waals surface area (Å²) in [6, 6.07) is 11.6. The molecule has 2 aromatic carbocycles. The Morgan fingerprint density at radius 2 is 2.20 bits per heavy atom. The van der Waals surface area contributed by atoms with Crippen LogP contribution >= 0.6 is 0 Å². The second kappa shape index (κ2) is 5.51. The highest BCUT2D eigenvalue weighted by Gasteiger charge is 2.38. The Morgan fingerprint density at radius 1 is 1.36 bits per heavy atom. The van der Waals surface area contributed by atoms with Crippen LogP contribution in [0.5, 0.6) is 5.75 Å². The van der Waals surface area contributed by atoms with Gasteiger partial charge in [0, 0.05) is 16.4 Å². The molecule has 1 amide bonds. The lowest BCUT2D eigenvalue weighted by atomic mass is 9.78. The molecule has 0 saturated heterocycles. The number of H-pyrrole nitrogens is 1. The number of amides is 1. The average Bonchev–Trinajstić information content (AvgIpc) is 3.05. The van der Waals surface area contributed by atoms with Crippen LogP contribution in [0.15, 0.2) is 42.6 Å². The molecular formula is C19H19N3O3. The fourth-order valence-electron chi connectivity index (χ4n) is 3.45. The van der Waals surface area contributed by atoms with E-state index in [4.69, 9.17) is 4.74 Å². The van der Waals surface area contributed by atoms with Gasteiger partial charge in [0.05, 0.1) is 24.4 Å². The summed E-state index contributed by atoms with van der Waals surface area (Å²) in [5, 5.41) is 19.9. The van der Waals surface area contributed by atoms with Crippen LogP contribution in [-0.4, -0.2) is 28.0 Å². The first-order valence-corrected chi connectivity index (χ1v) is 8.14. The number of carboxylic acid groups (broad SMARTS) is 1. The quantitative estimate of drug-likeness (QED) is 0.660. The average molecular weight is 337 g/mol. The van der Waals surface area contributed by atoms with Crippen molar-refractivity contribution in [3.63, 3.8) is 0 Å². The molecule has 0 aliphatic carbocycles. The molecule has 0 spiro atoms. The van der Waals surface area contributed by atoms with E-state index in [2.05, 4.69) is 15.5 Å². The van der Waals surface area contributed by atoms with Gasteiger partial charge in [-0.1, -0.05) is 38.1 Å². The molecule has 6 nitrogen and oxygen atoms in total. The van der Waals surface area contributed by atoms with Crippen LogP contribution in [0.1, 0.15) is 25.5 Å². The first kappa shape index (κ1) is 15.5. The molecule has 6 heteroatoms. The normalized spacial score (nSPS) is 18.4. The third kappa shape index (κ3) is 2.59. The van der Waals surface area contributed by atoms with Crippen LogP contribution in [-0.2, 0) is 0 Å². The smallest absolute Gasteiger partial charge is 0.405 e. The lowest BCUT2D eigenvalue weighted by Gasteiger charge is -2.39. The zero-order chi connectivity index (χ0) is 17.6. The lowest BCUT2D eigenvalue weighted by molar-refractivity contribution is 0.0996. The van der Waals surface area contributed by atoms with Crippen molar-refractivity contribution in [3.05, 3.63) is 48.2 Å². The van der Waals surface area contributed by atoms with Crippen molar-refractivity contribution < 1.29 is 14.6 Å². The number of fused-ring (bicyclic) bond motifs is 2. The van der Waals surface area contributed by atoms with Crippen LogP contribution in [0.25, 0.3) is 22.0 Å². The minimum atomic E-state index is -1.03. The van der Waals surface area contributed by atoms with Crippen molar-refractivity contribution in [1.29, 1.82) is 0 Å². The summed E-state index contributed by atoms with van der Waals surface area (Å²) in [6.07, 6.45) is 0.779. The molecule has 1 aromatic heterocycles. The third-order valence-corrected chi connectivity index (χ3v) is 4.77. The number of benzene rings is 2. The predicted molar refractivity (Wildman–Crippen MR) is 94.7 cm³/mol. The van der Waals surface area contributed by atoms with Gasteiger partial charge in [0.15, 0.2) is 0 Å². The fraction of sp³-hybridized carbons (Fsp3) is 0.263. The molecule has 128 valence electrons. The van der Waals surface area contributed by atoms with Crippen LogP contribution in [0.3, 0.4) is 0 Å². The summed E-state index contributed by atoms with van der Waals surface area (Å²) in [4.78, 5) is 11.2. The number of rotatable bonds is 2. The topological polar surface area (TPSA) is 87.2 Å². The Balaban J connectivity index is 1.80. The Kier molecular flexibility index (Phi) is 3.42. The first-order valence-electron chi connectivity index (χ1n) is 8.14. The molecule has 0 fully saturated rings. The zero-order valence-electron chi connectivity index (χ0n) is 14.0. The van der Waals surface area contributed by atoms with Crippen molar-refractivity contribution >= 4 is 17.0 Å². The highest BCUT2D eigenvalue weighted by molar-refractivity contribution is 5.94. The molecule has 0 radical (unpaired) electrons. The molecule has 25 heavy (non-hydrogen) atoms. The van der Waals surface area contributed by atoms with Gasteiger partial charge in [-0.2, -0.15) is 5.10 Å². The Labute approximate surface area is 144 Å². The number of nitrogens with one attached hydrogen (secondary N) is 2. The Bertz CT molecular complexity index is 961. The molecular weight excluding hydrogens is 318 g/mol. The van der Waals surface area contributed by atoms with E-state index in [1.54, 1.807) is 0 Å². The van der Waals surface area contributed by atoms with E-state index in [-0.39, 0.29) is 11.5 Å². The Morgan fingerprint density at radius 3 is 3.00 bits per heavy atom. The van der Waals surface area contributed by atoms with Gasteiger partial charge in [0.25, 0.3) is 0 Å². The highest BCUT2D eigenvalue weighted by Crippen LogP contribution is 2.44. The molecule has 0 saturated carbocycles. The van der Waals surface area contributed by atoms with E-state index < -0.39 is 6.09 Å². The van der Waals surface area contributed by atoms with Crippen LogP contribution in [0, 0.1) is 5.41 Å². The minimum absolute atomic E-state index is 0.312. The number of carbonyl (C=O) groups is 1. The number of aromatic amines is 1. The maximum atomic E-state index is 11.2. The predicted octanol–water partition coefficient (Wildman–Crippen LogP) is 3.96. The molecule has 4 rings (SSSR count). The van der Waals surface area contributed by atoms with Crippen LogP contribution in [0.4, 0.5) is 4.79 Å². The minimum Gasteiger partial charge on any atom is -0.493 e. The van der Waals surface area contributed by atoms with E-state index in [1.807, 2.05) is 56.4 Å². The number of hydrogen-bond acceptors (Lipinski definition) is 3. The lowest BCUT2D eigenvalue weighted by Crippen LogP contribution is -2.43. The molecule has 2 heterocycles. The SMILES string of the molecule is CC1(C)COc2cc(-c3cccc4[nH]ncc34)ccc2C1NC(=O)O. The van der Waals surface area contributed by atoms with Crippen molar-refractivity contribution in [2.45, 2.75) is 19.9 Å². The highest BCUT2D eigenvalue weighted by atomic mass is 16.5. The van der Waals surface area contributed by atoms with Crippen molar-refractivity contribution in [3.8, 4) is 16.9 Å². The molecule has 0 bridgehead atoms. The Hall–Kier alpha value is -3.02. The summed E-state index contributed by atoms with van der Waals surface area (Å²) in [7, 11) is 0. The number of ether oxygens (including phenoxy) is 1. The van der Waals surface area contributed by atoms with Crippen molar-refractivity contribution in [1.82, 2.24) is 15.5 Å². The van der Waals surface area contributed by atoms with Gasteiger partial charge in [0.1, 0.15) is 5.75 Å². The zero-order valence-corrected chi connectivity index (χ0v) is 14.0. The van der Waals surface area contributed by atoms with E-state index in [1.165, 1.54) is 0 Å². The summed E-state index contributed by atoms with van der Waals surface area (Å²) >= 11 is 0. The summed E-state index contributed by atoms with van der Waals surface area (Å²) in [6.45, 7) is 4.44. The summed E-state index contributed by atoms with van der Waals surface area (Å²) < 4.78 is 5.95. The second-order valence-electron chi connectivity index (χ2n) is 7.05. The fourth-order valence-corrected chi connectivity index (χ4v) is 3.45. The van der Waals surface area contributed by atoms with Gasteiger partial charge in [-0.3, -0.25) is 5.10 Å². The molecule has 3 N–H and O–H groups in total.